The molecule has 8 heteroatoms. The molecule has 1 heterocycles. The van der Waals surface area contributed by atoms with Crippen LogP contribution in [0.2, 0.25) is 5.02 Å². The Labute approximate surface area is 198 Å². The smallest absolute Gasteiger partial charge is 0.284 e. The zero-order chi connectivity index (χ0) is 23.9. The highest BCUT2D eigenvalue weighted by Crippen LogP contribution is 2.35. The van der Waals surface area contributed by atoms with Gasteiger partial charge in [0.15, 0.2) is 11.6 Å². The molecule has 168 valence electrons. The number of aryl methyl sites for hydroxylation is 2. The Morgan fingerprint density at radius 3 is 2.36 bits per heavy atom. The van der Waals surface area contributed by atoms with Crippen molar-refractivity contribution < 1.29 is 13.2 Å². The van der Waals surface area contributed by atoms with Crippen LogP contribution in [0, 0.1) is 13.8 Å². The maximum Gasteiger partial charge on any atom is 0.284 e. The summed E-state index contributed by atoms with van der Waals surface area (Å²) in [5.41, 5.74) is 4.52. The van der Waals surface area contributed by atoms with Gasteiger partial charge in [0.25, 0.3) is 10.0 Å². The van der Waals surface area contributed by atoms with Crippen LogP contribution in [-0.4, -0.2) is 32.8 Å². The number of rotatable bonds is 4. The van der Waals surface area contributed by atoms with E-state index in [1.165, 1.54) is 19.1 Å². The monoisotopic (exact) mass is 479 g/mol. The number of halogens is 1. The molecule has 33 heavy (non-hydrogen) atoms. The number of Topliss-reactive ketones (excluding diaryl/α,β-unsaturated/α-hetero) is 1. The number of carbonyl (C=O) groups excluding carboxylic acids is 1. The van der Waals surface area contributed by atoms with Crippen LogP contribution in [0.4, 0.5) is 11.4 Å². The number of ketones is 1. The lowest BCUT2D eigenvalue weighted by atomic mass is 10.1. The molecule has 0 saturated carbocycles. The molecule has 0 atom stereocenters. The molecular weight excluding hydrogens is 458 g/mol. The molecule has 1 aliphatic rings. The Morgan fingerprint density at radius 2 is 1.70 bits per heavy atom. The lowest BCUT2D eigenvalue weighted by Gasteiger charge is -2.15. The number of nitrogens with zero attached hydrogens (tertiary/aromatic N) is 3. The number of fused-ring (bicyclic) bond motifs is 1. The molecule has 0 bridgehead atoms. The molecule has 6 nitrogen and oxygen atoms in total. The van der Waals surface area contributed by atoms with E-state index in [1.807, 2.05) is 32.0 Å². The van der Waals surface area contributed by atoms with Crippen LogP contribution in [0.5, 0.6) is 0 Å². The number of likely N-dealkylation sites (N-methyl/N-ethyl adjacent to an activating group) is 1. The van der Waals surface area contributed by atoms with E-state index in [2.05, 4.69) is 4.40 Å². The first kappa shape index (κ1) is 22.9. The predicted octanol–water partition coefficient (Wildman–Crippen LogP) is 5.52. The van der Waals surface area contributed by atoms with E-state index in [1.54, 1.807) is 42.3 Å². The fourth-order valence-electron chi connectivity index (χ4n) is 3.79. The summed E-state index contributed by atoms with van der Waals surface area (Å²) in [4.78, 5) is 18.7. The molecule has 0 N–H and O–H groups in total. The highest BCUT2D eigenvalue weighted by molar-refractivity contribution is 7.90. The normalized spacial score (nSPS) is 15.8. The van der Waals surface area contributed by atoms with Crippen molar-refractivity contribution in [1.29, 1.82) is 0 Å². The maximum atomic E-state index is 13.2. The van der Waals surface area contributed by atoms with E-state index in [0.29, 0.717) is 22.0 Å². The van der Waals surface area contributed by atoms with Gasteiger partial charge >= 0.3 is 0 Å². The van der Waals surface area contributed by atoms with Crippen LogP contribution in [0.1, 0.15) is 34.0 Å². The van der Waals surface area contributed by atoms with Gasteiger partial charge in [-0.3, -0.25) is 4.79 Å². The minimum Gasteiger partial charge on any atom is -0.326 e. The second kappa shape index (κ2) is 8.57. The van der Waals surface area contributed by atoms with Crippen LogP contribution in [0.3, 0.4) is 0 Å². The highest BCUT2D eigenvalue weighted by Gasteiger charge is 2.33. The molecule has 0 aliphatic carbocycles. The van der Waals surface area contributed by atoms with Gasteiger partial charge in [0.2, 0.25) is 0 Å². The zero-order valence-electron chi connectivity index (χ0n) is 18.6. The molecule has 0 amide bonds. The minimum absolute atomic E-state index is 0.0909. The second-order valence-electron chi connectivity index (χ2n) is 7.91. The molecule has 0 aromatic heterocycles. The molecule has 3 aromatic carbocycles. The Kier molecular flexibility index (Phi) is 5.95. The third kappa shape index (κ3) is 4.34. The Balaban J connectivity index is 1.97. The van der Waals surface area contributed by atoms with Crippen molar-refractivity contribution in [2.24, 2.45) is 9.39 Å². The van der Waals surface area contributed by atoms with Crippen molar-refractivity contribution >= 4 is 50.3 Å². The van der Waals surface area contributed by atoms with Crippen LogP contribution in [0.25, 0.3) is 0 Å². The van der Waals surface area contributed by atoms with Crippen LogP contribution >= 0.6 is 11.6 Å². The third-order valence-electron chi connectivity index (χ3n) is 5.45. The number of benzene rings is 3. The average molecular weight is 480 g/mol. The van der Waals surface area contributed by atoms with E-state index in [9.17, 15) is 13.2 Å². The van der Waals surface area contributed by atoms with E-state index in [-0.39, 0.29) is 16.5 Å². The van der Waals surface area contributed by atoms with Gasteiger partial charge in [-0.15, -0.1) is 4.40 Å². The molecule has 0 unspecified atom stereocenters. The van der Waals surface area contributed by atoms with Gasteiger partial charge in [-0.2, -0.15) is 8.42 Å². The fourth-order valence-corrected chi connectivity index (χ4v) is 4.98. The molecule has 4 rings (SSSR count). The first-order valence-electron chi connectivity index (χ1n) is 10.2. The molecule has 3 aromatic rings. The standard InChI is InChI=1S/C25H22ClN3O3S/c1-15-8-11-19(12-9-15)33(31,32)28-25-23(21-7-5-6-16(2)24(21)29(25)4)27-22-14-18(26)10-13-20(22)17(3)30/h5-14H,1-4H3/b27-23-,28-25?. The first-order valence-corrected chi connectivity index (χ1v) is 12.0. The maximum absolute atomic E-state index is 13.2. The van der Waals surface area contributed by atoms with E-state index in [4.69, 9.17) is 16.6 Å². The third-order valence-corrected chi connectivity index (χ3v) is 6.97. The van der Waals surface area contributed by atoms with Crippen LogP contribution in [0.15, 0.2) is 74.9 Å². The highest BCUT2D eigenvalue weighted by atomic mass is 35.5. The topological polar surface area (TPSA) is 79.2 Å². The zero-order valence-corrected chi connectivity index (χ0v) is 20.2. The van der Waals surface area contributed by atoms with Gasteiger partial charge in [0.05, 0.1) is 16.3 Å². The van der Waals surface area contributed by atoms with Crippen molar-refractivity contribution in [2.45, 2.75) is 25.7 Å². The Hall–Kier alpha value is -3.29. The fraction of sp³-hybridized carbons (Fsp3) is 0.160. The first-order chi connectivity index (χ1) is 15.6. The number of para-hydroxylation sites is 1. The van der Waals surface area contributed by atoms with Crippen molar-refractivity contribution in [3.63, 3.8) is 0 Å². The quantitative estimate of drug-likeness (QED) is 0.461. The average Bonchev–Trinajstić information content (AvgIpc) is 3.00. The summed E-state index contributed by atoms with van der Waals surface area (Å²) in [5, 5.41) is 0.418. The van der Waals surface area contributed by atoms with E-state index < -0.39 is 10.0 Å². The van der Waals surface area contributed by atoms with Crippen LogP contribution in [-0.2, 0) is 10.0 Å². The Bertz CT molecular complexity index is 1440. The lowest BCUT2D eigenvalue weighted by molar-refractivity contribution is 0.101. The molecule has 0 fully saturated rings. The predicted molar refractivity (Wildman–Crippen MR) is 133 cm³/mol. The molecular formula is C25H22ClN3O3S. The van der Waals surface area contributed by atoms with Crippen molar-refractivity contribution in [2.75, 3.05) is 11.9 Å². The van der Waals surface area contributed by atoms with Crippen LogP contribution < -0.4 is 4.90 Å². The van der Waals surface area contributed by atoms with Gasteiger partial charge < -0.3 is 4.90 Å². The summed E-state index contributed by atoms with van der Waals surface area (Å²) in [6.45, 7) is 5.27. The summed E-state index contributed by atoms with van der Waals surface area (Å²) < 4.78 is 30.5. The SMILES string of the molecule is CC(=O)c1ccc(Cl)cc1/N=C1\C(=NS(=O)(=O)c2ccc(C)cc2)N(C)c2c(C)cccc21. The van der Waals surface area contributed by atoms with E-state index in [0.717, 1.165) is 22.4 Å². The summed E-state index contributed by atoms with van der Waals surface area (Å²) in [6, 6.07) is 17.0. The number of aliphatic imine (C=N–C) groups is 1. The number of hydrogen-bond acceptors (Lipinski definition) is 4. The number of carbonyl (C=O) groups is 1. The number of hydrogen-bond donors (Lipinski definition) is 0. The van der Waals surface area contributed by atoms with Gasteiger partial charge in [-0.25, -0.2) is 4.99 Å². The number of anilines is 1. The molecule has 0 radical (unpaired) electrons. The van der Waals surface area contributed by atoms with Crippen molar-refractivity contribution in [1.82, 2.24) is 0 Å². The van der Waals surface area contributed by atoms with E-state index >= 15 is 0 Å². The largest absolute Gasteiger partial charge is 0.326 e. The second-order valence-corrected chi connectivity index (χ2v) is 9.95. The summed E-state index contributed by atoms with van der Waals surface area (Å²) in [5.74, 6) is 0.00181. The van der Waals surface area contributed by atoms with Crippen molar-refractivity contribution in [3.05, 3.63) is 87.9 Å². The molecule has 1 aliphatic heterocycles. The number of amidine groups is 1. The lowest BCUT2D eigenvalue weighted by Crippen LogP contribution is -2.28. The van der Waals surface area contributed by atoms with Gasteiger partial charge in [-0.05, 0) is 56.7 Å². The van der Waals surface area contributed by atoms with Gasteiger partial charge in [0, 0.05) is 23.2 Å². The summed E-state index contributed by atoms with van der Waals surface area (Å²) in [7, 11) is -2.26. The van der Waals surface area contributed by atoms with Crippen molar-refractivity contribution in [3.8, 4) is 0 Å². The Morgan fingerprint density at radius 1 is 1.00 bits per heavy atom. The van der Waals surface area contributed by atoms with Gasteiger partial charge in [0.1, 0.15) is 5.71 Å². The summed E-state index contributed by atoms with van der Waals surface area (Å²) >= 11 is 6.18. The summed E-state index contributed by atoms with van der Waals surface area (Å²) in [6.07, 6.45) is 0. The molecule has 0 saturated heterocycles. The number of sulfonamides is 1. The van der Waals surface area contributed by atoms with Gasteiger partial charge in [-0.1, -0.05) is 47.5 Å². The molecule has 0 spiro atoms. The minimum atomic E-state index is -4.01.